The third kappa shape index (κ3) is 2.68. The Morgan fingerprint density at radius 1 is 1.26 bits per heavy atom. The molecule has 0 fully saturated rings. The first-order valence-electron chi connectivity index (χ1n) is 9.07. The molecule has 1 N–H and O–H groups in total. The summed E-state index contributed by atoms with van der Waals surface area (Å²) in [5, 5.41) is 11.5. The standard InChI is InChI=1S/C21H20N2O4/c1-3-12-13-7-5-6-8-16(13)22-20-14(12)10-23-17(20)9-18(24)15(21(23)26)11-27-19(25)4-2/h5-9,24H,3-4,10-11H2,1-2H3. The molecular formula is C21H20N2O4. The number of rotatable bonds is 4. The number of ether oxygens (including phenoxy) is 1. The molecule has 6 nitrogen and oxygen atoms in total. The summed E-state index contributed by atoms with van der Waals surface area (Å²) in [4.78, 5) is 29.1. The van der Waals surface area contributed by atoms with Crippen molar-refractivity contribution in [3.63, 3.8) is 0 Å². The molecule has 2 aromatic heterocycles. The molecule has 6 heteroatoms. The number of carbonyl (C=O) groups is 1. The lowest BCUT2D eigenvalue weighted by molar-refractivity contribution is -0.144. The fourth-order valence-electron chi connectivity index (χ4n) is 3.68. The Morgan fingerprint density at radius 3 is 2.78 bits per heavy atom. The van der Waals surface area contributed by atoms with Gasteiger partial charge in [0.15, 0.2) is 0 Å². The normalized spacial score (nSPS) is 12.1. The monoisotopic (exact) mass is 364 g/mol. The molecule has 0 unspecified atom stereocenters. The number of aryl methyl sites for hydroxylation is 1. The first-order valence-corrected chi connectivity index (χ1v) is 9.07. The summed E-state index contributed by atoms with van der Waals surface area (Å²) in [7, 11) is 0. The van der Waals surface area contributed by atoms with Crippen LogP contribution in [0, 0.1) is 0 Å². The molecule has 1 aromatic carbocycles. The molecular weight excluding hydrogens is 344 g/mol. The summed E-state index contributed by atoms with van der Waals surface area (Å²) >= 11 is 0. The first kappa shape index (κ1) is 17.3. The number of nitrogens with zero attached hydrogens (tertiary/aromatic N) is 2. The molecule has 0 bridgehead atoms. The second kappa shape index (κ2) is 6.54. The minimum absolute atomic E-state index is 0.0935. The SMILES string of the molecule is CCC(=O)OCc1c(O)cc2n(c1=O)Cc1c-2nc2ccccc2c1CC. The number of aromatic nitrogens is 2. The molecule has 4 rings (SSSR count). The van der Waals surface area contributed by atoms with Crippen molar-refractivity contribution in [1.82, 2.24) is 9.55 Å². The molecule has 0 radical (unpaired) electrons. The molecule has 0 saturated carbocycles. The van der Waals surface area contributed by atoms with Crippen LogP contribution in [0.1, 0.15) is 37.0 Å². The van der Waals surface area contributed by atoms with E-state index in [1.165, 1.54) is 0 Å². The minimum atomic E-state index is -0.413. The molecule has 27 heavy (non-hydrogen) atoms. The molecule has 3 heterocycles. The molecule has 0 amide bonds. The lowest BCUT2D eigenvalue weighted by Crippen LogP contribution is -2.24. The number of carbonyl (C=O) groups excluding carboxylic acids is 1. The quantitative estimate of drug-likeness (QED) is 0.563. The number of pyridine rings is 2. The van der Waals surface area contributed by atoms with Gasteiger partial charge in [0.1, 0.15) is 12.4 Å². The van der Waals surface area contributed by atoms with Gasteiger partial charge in [-0.05, 0) is 18.1 Å². The highest BCUT2D eigenvalue weighted by Gasteiger charge is 2.27. The third-order valence-electron chi connectivity index (χ3n) is 5.07. The predicted octanol–water partition coefficient (Wildman–Crippen LogP) is 3.15. The van der Waals surface area contributed by atoms with Crippen LogP contribution >= 0.6 is 0 Å². The molecule has 1 aliphatic rings. The van der Waals surface area contributed by atoms with E-state index in [0.717, 1.165) is 34.1 Å². The van der Waals surface area contributed by atoms with Crippen molar-refractivity contribution in [1.29, 1.82) is 0 Å². The average molecular weight is 364 g/mol. The van der Waals surface area contributed by atoms with E-state index in [-0.39, 0.29) is 29.9 Å². The number of para-hydroxylation sites is 1. The van der Waals surface area contributed by atoms with Crippen LogP contribution in [0.4, 0.5) is 0 Å². The van der Waals surface area contributed by atoms with Gasteiger partial charge in [0, 0.05) is 23.4 Å². The zero-order valence-electron chi connectivity index (χ0n) is 15.3. The Bertz CT molecular complexity index is 1130. The molecule has 0 saturated heterocycles. The van der Waals surface area contributed by atoms with Crippen molar-refractivity contribution in [2.45, 2.75) is 39.8 Å². The summed E-state index contributed by atoms with van der Waals surface area (Å²) in [5.74, 6) is -0.584. The van der Waals surface area contributed by atoms with E-state index < -0.39 is 5.97 Å². The van der Waals surface area contributed by atoms with Crippen molar-refractivity contribution in [2.75, 3.05) is 0 Å². The van der Waals surface area contributed by atoms with E-state index in [9.17, 15) is 14.7 Å². The highest BCUT2D eigenvalue weighted by atomic mass is 16.5. The number of fused-ring (bicyclic) bond motifs is 4. The van der Waals surface area contributed by atoms with Gasteiger partial charge in [0.25, 0.3) is 5.56 Å². The van der Waals surface area contributed by atoms with E-state index in [1.807, 2.05) is 24.3 Å². The zero-order valence-corrected chi connectivity index (χ0v) is 15.3. The number of aromatic hydroxyl groups is 1. The maximum atomic E-state index is 12.9. The lowest BCUT2D eigenvalue weighted by atomic mass is 9.99. The maximum Gasteiger partial charge on any atom is 0.305 e. The zero-order chi connectivity index (χ0) is 19.1. The Labute approximate surface area is 156 Å². The summed E-state index contributed by atoms with van der Waals surface area (Å²) in [6, 6.07) is 9.46. The van der Waals surface area contributed by atoms with Gasteiger partial charge in [-0.2, -0.15) is 0 Å². The summed E-state index contributed by atoms with van der Waals surface area (Å²) in [5.41, 5.74) is 4.12. The summed E-state index contributed by atoms with van der Waals surface area (Å²) < 4.78 is 6.66. The van der Waals surface area contributed by atoms with Crippen molar-refractivity contribution in [3.8, 4) is 17.1 Å². The molecule has 138 valence electrons. The van der Waals surface area contributed by atoms with Gasteiger partial charge in [-0.25, -0.2) is 4.98 Å². The van der Waals surface area contributed by atoms with E-state index in [4.69, 9.17) is 9.72 Å². The topological polar surface area (TPSA) is 81.4 Å². The van der Waals surface area contributed by atoms with Gasteiger partial charge in [0.2, 0.25) is 0 Å². The predicted molar refractivity (Wildman–Crippen MR) is 102 cm³/mol. The van der Waals surface area contributed by atoms with Crippen LogP contribution in [0.3, 0.4) is 0 Å². The van der Waals surface area contributed by atoms with E-state index in [1.54, 1.807) is 17.6 Å². The van der Waals surface area contributed by atoms with E-state index in [2.05, 4.69) is 6.92 Å². The Kier molecular flexibility index (Phi) is 4.18. The van der Waals surface area contributed by atoms with Gasteiger partial charge < -0.3 is 14.4 Å². The minimum Gasteiger partial charge on any atom is -0.507 e. The molecule has 0 spiro atoms. The van der Waals surface area contributed by atoms with Crippen molar-refractivity contribution >= 4 is 16.9 Å². The van der Waals surface area contributed by atoms with Crippen LogP contribution in [0.2, 0.25) is 0 Å². The molecule has 3 aromatic rings. The van der Waals surface area contributed by atoms with E-state index >= 15 is 0 Å². The molecule has 0 atom stereocenters. The Hall–Kier alpha value is -3.15. The lowest BCUT2D eigenvalue weighted by Gasteiger charge is -2.10. The second-order valence-electron chi connectivity index (χ2n) is 6.59. The Morgan fingerprint density at radius 2 is 2.04 bits per heavy atom. The van der Waals surface area contributed by atoms with Crippen LogP contribution in [-0.2, 0) is 29.1 Å². The van der Waals surface area contributed by atoms with Crippen molar-refractivity contribution < 1.29 is 14.6 Å². The number of hydrogen-bond acceptors (Lipinski definition) is 5. The van der Waals surface area contributed by atoms with Crippen LogP contribution < -0.4 is 5.56 Å². The maximum absolute atomic E-state index is 12.9. The largest absolute Gasteiger partial charge is 0.507 e. The fraction of sp³-hybridized carbons (Fsp3) is 0.286. The molecule has 0 aliphatic carbocycles. The number of benzene rings is 1. The van der Waals surface area contributed by atoms with Gasteiger partial charge >= 0.3 is 5.97 Å². The van der Waals surface area contributed by atoms with Crippen LogP contribution in [0.5, 0.6) is 5.75 Å². The second-order valence-corrected chi connectivity index (χ2v) is 6.59. The van der Waals surface area contributed by atoms with Gasteiger partial charge in [-0.1, -0.05) is 32.0 Å². The van der Waals surface area contributed by atoms with Crippen LogP contribution in [-0.4, -0.2) is 20.6 Å². The Balaban J connectivity index is 1.87. The summed E-state index contributed by atoms with van der Waals surface area (Å²) in [6.45, 7) is 3.93. The van der Waals surface area contributed by atoms with Gasteiger partial charge in [-0.3, -0.25) is 9.59 Å². The average Bonchev–Trinajstić information content (AvgIpc) is 3.04. The first-order chi connectivity index (χ1) is 13.0. The molecule has 1 aliphatic heterocycles. The van der Waals surface area contributed by atoms with E-state index in [0.29, 0.717) is 12.2 Å². The number of hydrogen-bond donors (Lipinski definition) is 1. The van der Waals surface area contributed by atoms with Crippen LogP contribution in [0.25, 0.3) is 22.3 Å². The third-order valence-corrected chi connectivity index (χ3v) is 5.07. The summed E-state index contributed by atoms with van der Waals surface area (Å²) in [6.07, 6.45) is 1.04. The smallest absolute Gasteiger partial charge is 0.305 e. The van der Waals surface area contributed by atoms with Crippen molar-refractivity contribution in [2.24, 2.45) is 0 Å². The number of esters is 1. The fourth-order valence-corrected chi connectivity index (χ4v) is 3.68. The highest BCUT2D eigenvalue weighted by molar-refractivity contribution is 5.88. The highest BCUT2D eigenvalue weighted by Crippen LogP contribution is 2.37. The van der Waals surface area contributed by atoms with Gasteiger partial charge in [-0.15, -0.1) is 0 Å². The van der Waals surface area contributed by atoms with Gasteiger partial charge in [0.05, 0.1) is 29.0 Å². The van der Waals surface area contributed by atoms with Crippen LogP contribution in [0.15, 0.2) is 35.1 Å². The van der Waals surface area contributed by atoms with Crippen molar-refractivity contribution in [3.05, 3.63) is 57.4 Å².